The summed E-state index contributed by atoms with van der Waals surface area (Å²) >= 11 is 0. The van der Waals surface area contributed by atoms with E-state index in [2.05, 4.69) is 11.1 Å². The van der Waals surface area contributed by atoms with Crippen molar-refractivity contribution in [1.29, 1.82) is 0 Å². The van der Waals surface area contributed by atoms with Crippen molar-refractivity contribution < 1.29 is 14.0 Å². The number of rotatable bonds is 4. The predicted octanol–water partition coefficient (Wildman–Crippen LogP) is 4.13. The van der Waals surface area contributed by atoms with Gasteiger partial charge in [0.25, 0.3) is 0 Å². The maximum absolute atomic E-state index is 6.28. The molecule has 25 heavy (non-hydrogen) atoms. The van der Waals surface area contributed by atoms with Gasteiger partial charge in [0.05, 0.1) is 24.0 Å². The summed E-state index contributed by atoms with van der Waals surface area (Å²) in [6.07, 6.45) is 1.76. The summed E-state index contributed by atoms with van der Waals surface area (Å²) in [5.41, 5.74) is 1.09. The van der Waals surface area contributed by atoms with Gasteiger partial charge < -0.3 is 18.9 Å². The van der Waals surface area contributed by atoms with Gasteiger partial charge in [0.15, 0.2) is 0 Å². The molecule has 0 amide bonds. The highest BCUT2D eigenvalue weighted by Crippen LogP contribution is 2.42. The summed E-state index contributed by atoms with van der Waals surface area (Å²) in [6.45, 7) is 10.2. The Balaban J connectivity index is 2.12. The lowest BCUT2D eigenvalue weighted by Crippen LogP contribution is -2.41. The molecule has 0 N–H and O–H groups in total. The SMILES string of the molecule is COc1ccc(C)cc1N(B1OC(C)(C)C(C)(C)O1)c1ccccn1. The van der Waals surface area contributed by atoms with Gasteiger partial charge in [-0.2, -0.15) is 0 Å². The van der Waals surface area contributed by atoms with Crippen LogP contribution in [0.25, 0.3) is 0 Å². The molecule has 0 unspecified atom stereocenters. The van der Waals surface area contributed by atoms with Gasteiger partial charge in [-0.15, -0.1) is 0 Å². The molecule has 0 radical (unpaired) electrons. The Bertz CT molecular complexity index is 734. The number of nitrogens with zero attached hydrogens (tertiary/aromatic N) is 2. The summed E-state index contributed by atoms with van der Waals surface area (Å²) in [6, 6.07) is 11.8. The summed E-state index contributed by atoms with van der Waals surface area (Å²) < 4.78 is 18.2. The zero-order valence-corrected chi connectivity index (χ0v) is 15.7. The molecule has 1 aliphatic rings. The van der Waals surface area contributed by atoms with Gasteiger partial charge in [-0.05, 0) is 64.4 Å². The van der Waals surface area contributed by atoms with E-state index >= 15 is 0 Å². The topological polar surface area (TPSA) is 43.8 Å². The van der Waals surface area contributed by atoms with Crippen LogP contribution in [-0.4, -0.2) is 30.5 Å². The van der Waals surface area contributed by atoms with Gasteiger partial charge in [-0.1, -0.05) is 12.1 Å². The fourth-order valence-electron chi connectivity index (χ4n) is 2.75. The van der Waals surface area contributed by atoms with Crippen LogP contribution < -0.4 is 9.55 Å². The number of ether oxygens (including phenoxy) is 1. The van der Waals surface area contributed by atoms with E-state index in [-0.39, 0.29) is 0 Å². The Morgan fingerprint density at radius 2 is 1.72 bits per heavy atom. The third-order valence-electron chi connectivity index (χ3n) is 4.94. The van der Waals surface area contributed by atoms with E-state index in [4.69, 9.17) is 14.0 Å². The summed E-state index contributed by atoms with van der Waals surface area (Å²) in [5, 5.41) is 0. The number of hydrogen-bond donors (Lipinski definition) is 0. The molecule has 1 aromatic carbocycles. The van der Waals surface area contributed by atoms with Crippen LogP contribution in [0.15, 0.2) is 42.6 Å². The molecule has 2 heterocycles. The Labute approximate surface area is 150 Å². The first kappa shape index (κ1) is 17.8. The molecule has 1 aliphatic heterocycles. The second-order valence-electron chi connectivity index (χ2n) is 7.30. The van der Waals surface area contributed by atoms with Gasteiger partial charge >= 0.3 is 7.25 Å². The predicted molar refractivity (Wildman–Crippen MR) is 100 cm³/mol. The number of hydrogen-bond acceptors (Lipinski definition) is 5. The Morgan fingerprint density at radius 1 is 1.04 bits per heavy atom. The minimum atomic E-state index is -0.601. The number of methoxy groups -OCH3 is 1. The van der Waals surface area contributed by atoms with Crippen LogP contribution in [-0.2, 0) is 9.31 Å². The minimum Gasteiger partial charge on any atom is -0.495 e. The van der Waals surface area contributed by atoms with E-state index in [1.807, 2.05) is 69.8 Å². The molecule has 1 aromatic heterocycles. The summed E-state index contributed by atoms with van der Waals surface area (Å²) in [5.74, 6) is 1.48. The van der Waals surface area contributed by atoms with Crippen molar-refractivity contribution in [2.45, 2.75) is 45.8 Å². The van der Waals surface area contributed by atoms with E-state index in [0.717, 1.165) is 22.8 Å². The Hall–Kier alpha value is -2.05. The molecule has 0 saturated carbocycles. The first-order chi connectivity index (χ1) is 11.7. The number of benzene rings is 1. The van der Waals surface area contributed by atoms with E-state index in [1.54, 1.807) is 13.3 Å². The molecule has 0 spiro atoms. The Kier molecular flexibility index (Phi) is 4.52. The second kappa shape index (κ2) is 6.35. The van der Waals surface area contributed by atoms with E-state index in [1.165, 1.54) is 0 Å². The standard InChI is InChI=1S/C19H25BN2O3/c1-14-10-11-16(23-6)15(13-14)22(17-9-7-8-12-21-17)20-24-18(2,3)19(4,5)25-20/h7-13H,1-6H3. The smallest absolute Gasteiger partial charge is 0.495 e. The normalized spacial score (nSPS) is 18.2. The van der Waals surface area contributed by atoms with Crippen LogP contribution >= 0.6 is 0 Å². The average molecular weight is 340 g/mol. The lowest BCUT2D eigenvalue weighted by molar-refractivity contribution is 0.00578. The average Bonchev–Trinajstić information content (AvgIpc) is 2.76. The van der Waals surface area contributed by atoms with Crippen LogP contribution in [0, 0.1) is 6.92 Å². The van der Waals surface area contributed by atoms with Gasteiger partial charge in [0, 0.05) is 6.20 Å². The lowest BCUT2D eigenvalue weighted by atomic mass is 9.90. The number of aromatic nitrogens is 1. The third kappa shape index (κ3) is 3.24. The number of pyridine rings is 1. The largest absolute Gasteiger partial charge is 0.600 e. The fourth-order valence-corrected chi connectivity index (χ4v) is 2.75. The van der Waals surface area contributed by atoms with Crippen molar-refractivity contribution in [2.75, 3.05) is 11.9 Å². The molecule has 3 rings (SSSR count). The first-order valence-corrected chi connectivity index (χ1v) is 8.46. The molecule has 0 atom stereocenters. The monoisotopic (exact) mass is 340 g/mol. The van der Waals surface area contributed by atoms with Crippen molar-refractivity contribution in [2.24, 2.45) is 0 Å². The maximum Gasteiger partial charge on any atom is 0.600 e. The quantitative estimate of drug-likeness (QED) is 0.783. The van der Waals surface area contributed by atoms with E-state index in [9.17, 15) is 0 Å². The number of anilines is 2. The fraction of sp³-hybridized carbons (Fsp3) is 0.421. The molecular weight excluding hydrogens is 315 g/mol. The third-order valence-corrected chi connectivity index (χ3v) is 4.94. The minimum absolute atomic E-state index is 0.443. The molecule has 1 saturated heterocycles. The molecule has 132 valence electrons. The van der Waals surface area contributed by atoms with Crippen molar-refractivity contribution in [3.8, 4) is 5.75 Å². The molecule has 2 aromatic rings. The highest BCUT2D eigenvalue weighted by molar-refractivity contribution is 6.53. The maximum atomic E-state index is 6.28. The summed E-state index contributed by atoms with van der Waals surface area (Å²) in [7, 11) is 1.06. The molecule has 1 fully saturated rings. The molecule has 6 heteroatoms. The lowest BCUT2D eigenvalue weighted by Gasteiger charge is -2.32. The molecular formula is C19H25BN2O3. The van der Waals surface area contributed by atoms with Crippen LogP contribution in [0.2, 0.25) is 0 Å². The molecule has 0 aliphatic carbocycles. The van der Waals surface area contributed by atoms with Crippen LogP contribution in [0.5, 0.6) is 5.75 Å². The van der Waals surface area contributed by atoms with Crippen LogP contribution in [0.3, 0.4) is 0 Å². The molecule has 0 bridgehead atoms. The van der Waals surface area contributed by atoms with E-state index in [0.29, 0.717) is 0 Å². The Morgan fingerprint density at radius 3 is 2.28 bits per heavy atom. The molecule has 5 nitrogen and oxygen atoms in total. The second-order valence-corrected chi connectivity index (χ2v) is 7.30. The van der Waals surface area contributed by atoms with Gasteiger partial charge in [-0.3, -0.25) is 0 Å². The van der Waals surface area contributed by atoms with Crippen molar-refractivity contribution in [3.63, 3.8) is 0 Å². The van der Waals surface area contributed by atoms with Crippen LogP contribution in [0.1, 0.15) is 33.3 Å². The van der Waals surface area contributed by atoms with Gasteiger partial charge in [0.2, 0.25) is 0 Å². The highest BCUT2D eigenvalue weighted by Gasteiger charge is 2.55. The van der Waals surface area contributed by atoms with Crippen molar-refractivity contribution >= 4 is 18.8 Å². The van der Waals surface area contributed by atoms with Gasteiger partial charge in [0.1, 0.15) is 11.6 Å². The van der Waals surface area contributed by atoms with E-state index < -0.39 is 18.5 Å². The zero-order chi connectivity index (χ0) is 18.2. The number of aryl methyl sites for hydroxylation is 1. The zero-order valence-electron chi connectivity index (χ0n) is 15.7. The van der Waals surface area contributed by atoms with Crippen molar-refractivity contribution in [1.82, 2.24) is 4.98 Å². The van der Waals surface area contributed by atoms with Crippen molar-refractivity contribution in [3.05, 3.63) is 48.2 Å². The summed E-state index contributed by atoms with van der Waals surface area (Å²) in [4.78, 5) is 6.46. The first-order valence-electron chi connectivity index (χ1n) is 8.46. The van der Waals surface area contributed by atoms with Crippen LogP contribution in [0.4, 0.5) is 11.5 Å². The van der Waals surface area contributed by atoms with Gasteiger partial charge in [-0.25, -0.2) is 4.98 Å². The highest BCUT2D eigenvalue weighted by atomic mass is 16.7.